The van der Waals surface area contributed by atoms with E-state index in [4.69, 9.17) is 9.47 Å². The third-order valence-corrected chi connectivity index (χ3v) is 3.44. The first-order chi connectivity index (χ1) is 11.1. The first-order valence-electron chi connectivity index (χ1n) is 7.64. The Labute approximate surface area is 135 Å². The second-order valence-electron chi connectivity index (χ2n) is 5.12. The summed E-state index contributed by atoms with van der Waals surface area (Å²) in [5.74, 6) is 0.0475. The van der Waals surface area contributed by atoms with Crippen molar-refractivity contribution in [3.05, 3.63) is 64.1 Å². The van der Waals surface area contributed by atoms with E-state index in [0.29, 0.717) is 25.3 Å². The number of rotatable bonds is 7. The number of ether oxygens (including phenoxy) is 2. The van der Waals surface area contributed by atoms with Crippen LogP contribution in [0.5, 0.6) is 5.75 Å². The van der Waals surface area contributed by atoms with Gasteiger partial charge in [-0.25, -0.2) is 0 Å². The van der Waals surface area contributed by atoms with Crippen LogP contribution in [0, 0.1) is 0 Å². The first kappa shape index (κ1) is 16.8. The molecule has 0 spiro atoms. The van der Waals surface area contributed by atoms with Crippen LogP contribution in [-0.2, 0) is 29.1 Å². The van der Waals surface area contributed by atoms with Crippen LogP contribution in [0.3, 0.4) is 0 Å². The molecule has 0 aliphatic rings. The summed E-state index contributed by atoms with van der Waals surface area (Å²) in [6.45, 7) is 4.44. The monoisotopic (exact) mass is 315 g/mol. The minimum atomic E-state index is -0.315. The van der Waals surface area contributed by atoms with Gasteiger partial charge in [0.05, 0.1) is 12.2 Å². The van der Waals surface area contributed by atoms with E-state index in [0.717, 1.165) is 11.3 Å². The Hall–Kier alpha value is -2.56. The molecular weight excluding hydrogens is 294 g/mol. The van der Waals surface area contributed by atoms with Gasteiger partial charge in [0.15, 0.2) is 5.75 Å². The molecule has 5 nitrogen and oxygen atoms in total. The van der Waals surface area contributed by atoms with Crippen LogP contribution < -0.4 is 10.2 Å². The van der Waals surface area contributed by atoms with Gasteiger partial charge in [-0.05, 0) is 12.0 Å². The highest BCUT2D eigenvalue weighted by atomic mass is 16.5. The zero-order valence-corrected chi connectivity index (χ0v) is 13.5. The smallest absolute Gasteiger partial charge is 0.302 e. The van der Waals surface area contributed by atoms with Crippen molar-refractivity contribution < 1.29 is 14.3 Å². The summed E-state index contributed by atoms with van der Waals surface area (Å²) in [6, 6.07) is 11.2. The van der Waals surface area contributed by atoms with Gasteiger partial charge in [0.2, 0.25) is 5.43 Å². The number of nitrogens with zero attached hydrogens (tertiary/aromatic N) is 1. The first-order valence-corrected chi connectivity index (χ1v) is 7.64. The lowest BCUT2D eigenvalue weighted by Crippen LogP contribution is -2.19. The predicted molar refractivity (Wildman–Crippen MR) is 87.5 cm³/mol. The normalized spacial score (nSPS) is 10.3. The van der Waals surface area contributed by atoms with Gasteiger partial charge in [0.1, 0.15) is 13.2 Å². The molecule has 0 saturated carbocycles. The molecule has 0 unspecified atom stereocenters. The molecule has 1 heterocycles. The molecule has 5 heteroatoms. The highest BCUT2D eigenvalue weighted by Crippen LogP contribution is 2.16. The minimum absolute atomic E-state index is 0.137. The quantitative estimate of drug-likeness (QED) is 0.737. The summed E-state index contributed by atoms with van der Waals surface area (Å²) < 4.78 is 12.6. The van der Waals surface area contributed by atoms with Gasteiger partial charge in [-0.2, -0.15) is 0 Å². The van der Waals surface area contributed by atoms with Crippen molar-refractivity contribution in [2.24, 2.45) is 0 Å². The van der Waals surface area contributed by atoms with Crippen molar-refractivity contribution in [1.82, 2.24) is 4.57 Å². The Morgan fingerprint density at radius 2 is 1.91 bits per heavy atom. The van der Waals surface area contributed by atoms with E-state index in [1.54, 1.807) is 6.20 Å². The number of pyridine rings is 1. The van der Waals surface area contributed by atoms with Crippen molar-refractivity contribution in [3.8, 4) is 5.75 Å². The average Bonchev–Trinajstić information content (AvgIpc) is 2.55. The van der Waals surface area contributed by atoms with Crippen molar-refractivity contribution in [2.75, 3.05) is 6.61 Å². The third-order valence-electron chi connectivity index (χ3n) is 3.44. The molecule has 0 aliphatic heterocycles. The minimum Gasteiger partial charge on any atom is -0.483 e. The second kappa shape index (κ2) is 8.17. The van der Waals surface area contributed by atoms with E-state index < -0.39 is 0 Å². The Balaban J connectivity index is 2.16. The molecule has 1 aromatic carbocycles. The maximum atomic E-state index is 12.1. The van der Waals surface area contributed by atoms with Gasteiger partial charge in [-0.3, -0.25) is 9.59 Å². The van der Waals surface area contributed by atoms with Crippen LogP contribution in [-0.4, -0.2) is 17.1 Å². The Bertz CT molecular complexity index is 707. The maximum Gasteiger partial charge on any atom is 0.302 e. The number of benzene rings is 1. The summed E-state index contributed by atoms with van der Waals surface area (Å²) in [7, 11) is 0. The van der Waals surface area contributed by atoms with Crippen LogP contribution in [0.15, 0.2) is 47.4 Å². The lowest BCUT2D eigenvalue weighted by Gasteiger charge is -2.16. The maximum absolute atomic E-state index is 12.1. The Morgan fingerprint density at radius 1 is 1.17 bits per heavy atom. The molecule has 0 radical (unpaired) electrons. The van der Waals surface area contributed by atoms with Crippen molar-refractivity contribution in [3.63, 3.8) is 0 Å². The number of aromatic nitrogens is 1. The van der Waals surface area contributed by atoms with E-state index in [9.17, 15) is 9.59 Å². The fourth-order valence-electron chi connectivity index (χ4n) is 2.34. The topological polar surface area (TPSA) is 57.5 Å². The van der Waals surface area contributed by atoms with Crippen LogP contribution in [0.4, 0.5) is 0 Å². The highest BCUT2D eigenvalue weighted by Gasteiger charge is 2.11. The summed E-state index contributed by atoms with van der Waals surface area (Å²) in [6.07, 6.45) is 2.36. The summed E-state index contributed by atoms with van der Waals surface area (Å²) >= 11 is 0. The van der Waals surface area contributed by atoms with Crippen LogP contribution in [0.2, 0.25) is 0 Å². The van der Waals surface area contributed by atoms with Crippen molar-refractivity contribution in [1.29, 1.82) is 0 Å². The fraction of sp³-hybridized carbons (Fsp3) is 0.333. The number of hydrogen-bond acceptors (Lipinski definition) is 4. The SMILES string of the molecule is CCc1c(OCc2ccccc2)c(=O)ccn1CCOC(C)=O. The molecule has 2 aromatic rings. The van der Waals surface area contributed by atoms with Crippen LogP contribution in [0.1, 0.15) is 25.1 Å². The molecule has 1 aromatic heterocycles. The zero-order valence-electron chi connectivity index (χ0n) is 13.5. The summed E-state index contributed by atoms with van der Waals surface area (Å²) in [4.78, 5) is 23.0. The van der Waals surface area contributed by atoms with Gasteiger partial charge < -0.3 is 14.0 Å². The van der Waals surface area contributed by atoms with Crippen molar-refractivity contribution in [2.45, 2.75) is 33.4 Å². The second-order valence-corrected chi connectivity index (χ2v) is 5.12. The molecule has 23 heavy (non-hydrogen) atoms. The number of esters is 1. The molecule has 0 N–H and O–H groups in total. The molecule has 2 rings (SSSR count). The molecule has 0 fully saturated rings. The number of carbonyl (C=O) groups is 1. The van der Waals surface area contributed by atoms with E-state index in [1.165, 1.54) is 13.0 Å². The van der Waals surface area contributed by atoms with Crippen molar-refractivity contribution >= 4 is 5.97 Å². The van der Waals surface area contributed by atoms with E-state index in [1.807, 2.05) is 41.8 Å². The molecule has 0 saturated heterocycles. The largest absolute Gasteiger partial charge is 0.483 e. The van der Waals surface area contributed by atoms with Crippen LogP contribution >= 0.6 is 0 Å². The summed E-state index contributed by atoms with van der Waals surface area (Å²) in [5, 5.41) is 0. The van der Waals surface area contributed by atoms with E-state index >= 15 is 0 Å². The van der Waals surface area contributed by atoms with Gasteiger partial charge in [-0.1, -0.05) is 37.3 Å². The standard InChI is InChI=1S/C18H21NO4/c1-3-16-18(23-13-15-7-5-4-6-8-15)17(21)9-10-19(16)11-12-22-14(2)20/h4-10H,3,11-13H2,1-2H3. The molecule has 0 aliphatic carbocycles. The zero-order chi connectivity index (χ0) is 16.7. The molecule has 122 valence electrons. The molecule has 0 atom stereocenters. The number of carbonyl (C=O) groups excluding carboxylic acids is 1. The summed E-state index contributed by atoms with van der Waals surface area (Å²) in [5.41, 5.74) is 1.67. The fourth-order valence-corrected chi connectivity index (χ4v) is 2.34. The van der Waals surface area contributed by atoms with Gasteiger partial charge >= 0.3 is 5.97 Å². The van der Waals surface area contributed by atoms with Gasteiger partial charge in [0.25, 0.3) is 0 Å². The van der Waals surface area contributed by atoms with E-state index in [-0.39, 0.29) is 18.0 Å². The molecular formula is C18H21NO4. The number of hydrogen-bond donors (Lipinski definition) is 0. The van der Waals surface area contributed by atoms with Gasteiger partial charge in [0, 0.05) is 19.2 Å². The molecule has 0 bridgehead atoms. The Morgan fingerprint density at radius 3 is 2.57 bits per heavy atom. The lowest BCUT2D eigenvalue weighted by atomic mass is 10.2. The molecule has 0 amide bonds. The average molecular weight is 315 g/mol. The van der Waals surface area contributed by atoms with Gasteiger partial charge in [-0.15, -0.1) is 0 Å². The highest BCUT2D eigenvalue weighted by molar-refractivity contribution is 5.65. The van der Waals surface area contributed by atoms with E-state index in [2.05, 4.69) is 0 Å². The third kappa shape index (κ3) is 4.71. The lowest BCUT2D eigenvalue weighted by molar-refractivity contribution is -0.141. The Kier molecular flexibility index (Phi) is 5.97. The predicted octanol–water partition coefficient (Wildman–Crippen LogP) is 2.55. The van der Waals surface area contributed by atoms with Crippen LogP contribution in [0.25, 0.3) is 0 Å².